The van der Waals surface area contributed by atoms with E-state index in [4.69, 9.17) is 9.57 Å². The van der Waals surface area contributed by atoms with Gasteiger partial charge in [-0.3, -0.25) is 14.7 Å². The second-order valence-electron chi connectivity index (χ2n) is 8.94. The molecule has 2 aromatic rings. The SMILES string of the molecule is O=C(NCCCCCCS(=O)(=O)N(CCN1CCOCC1)OCc1ccccc1)NCc1cccnc1. The molecule has 0 atom stereocenters. The number of carbonyl (C=O) groups is 1. The number of hydrogen-bond acceptors (Lipinski definition) is 7. The molecular weight excluding hydrogens is 494 g/mol. The second-order valence-corrected chi connectivity index (χ2v) is 10.9. The number of urea groups is 1. The third kappa shape index (κ3) is 11.6. The molecule has 1 aliphatic heterocycles. The third-order valence-corrected chi connectivity index (χ3v) is 7.73. The van der Waals surface area contributed by atoms with E-state index in [0.717, 1.165) is 43.5 Å². The summed E-state index contributed by atoms with van der Waals surface area (Å²) in [6.07, 6.45) is 6.32. The average Bonchev–Trinajstić information content (AvgIpc) is 2.93. The Hall–Kier alpha value is -2.57. The van der Waals surface area contributed by atoms with Gasteiger partial charge in [-0.15, -0.1) is 0 Å². The van der Waals surface area contributed by atoms with Crippen molar-refractivity contribution >= 4 is 16.1 Å². The van der Waals surface area contributed by atoms with Gasteiger partial charge in [0.25, 0.3) is 0 Å². The number of pyridine rings is 1. The number of nitrogens with zero attached hydrogens (tertiary/aromatic N) is 3. The van der Waals surface area contributed by atoms with E-state index in [-0.39, 0.29) is 24.9 Å². The molecule has 3 rings (SSSR count). The highest BCUT2D eigenvalue weighted by Gasteiger charge is 2.24. The van der Waals surface area contributed by atoms with E-state index in [1.165, 1.54) is 4.47 Å². The molecule has 204 valence electrons. The number of sulfonamides is 1. The van der Waals surface area contributed by atoms with Crippen LogP contribution in [0.15, 0.2) is 54.9 Å². The van der Waals surface area contributed by atoms with E-state index in [1.807, 2.05) is 42.5 Å². The molecule has 0 bridgehead atoms. The van der Waals surface area contributed by atoms with Gasteiger partial charge in [0.05, 0.1) is 32.1 Å². The molecule has 1 aliphatic rings. The predicted molar refractivity (Wildman–Crippen MR) is 142 cm³/mol. The first-order valence-electron chi connectivity index (χ1n) is 12.9. The van der Waals surface area contributed by atoms with Crippen molar-refractivity contribution in [2.45, 2.75) is 38.8 Å². The lowest BCUT2D eigenvalue weighted by Gasteiger charge is -2.29. The van der Waals surface area contributed by atoms with Crippen molar-refractivity contribution in [1.29, 1.82) is 0 Å². The summed E-state index contributed by atoms with van der Waals surface area (Å²) in [5.74, 6) is 0.0317. The van der Waals surface area contributed by atoms with Crippen LogP contribution in [0.2, 0.25) is 0 Å². The van der Waals surface area contributed by atoms with Gasteiger partial charge in [0.15, 0.2) is 0 Å². The summed E-state index contributed by atoms with van der Waals surface area (Å²) >= 11 is 0. The molecular formula is C26H39N5O5S. The highest BCUT2D eigenvalue weighted by atomic mass is 32.2. The smallest absolute Gasteiger partial charge is 0.315 e. The van der Waals surface area contributed by atoms with Gasteiger partial charge in [-0.1, -0.05) is 53.7 Å². The van der Waals surface area contributed by atoms with Crippen LogP contribution in [0.5, 0.6) is 0 Å². The minimum absolute atomic E-state index is 0.0317. The number of morpholine rings is 1. The minimum atomic E-state index is -3.56. The summed E-state index contributed by atoms with van der Waals surface area (Å²) in [5, 5.41) is 5.62. The van der Waals surface area contributed by atoms with Gasteiger partial charge < -0.3 is 15.4 Å². The fourth-order valence-corrected chi connectivity index (χ4v) is 5.21. The van der Waals surface area contributed by atoms with Gasteiger partial charge in [-0.25, -0.2) is 13.2 Å². The van der Waals surface area contributed by atoms with Crippen LogP contribution in [0.25, 0.3) is 0 Å². The van der Waals surface area contributed by atoms with Crippen molar-refractivity contribution in [2.24, 2.45) is 0 Å². The Morgan fingerprint density at radius 2 is 1.76 bits per heavy atom. The summed E-state index contributed by atoms with van der Waals surface area (Å²) in [4.78, 5) is 23.9. The standard InChI is InChI=1S/C26H39N5O5S/c32-26(29-22-25-11-8-12-27-21-25)28-13-6-1-2-7-20-37(33,34)31(15-14-30-16-18-35-19-17-30)36-23-24-9-4-3-5-10-24/h3-5,8-12,21H,1-2,6-7,13-20,22-23H2,(H2,28,29,32). The molecule has 1 aromatic heterocycles. The Bertz CT molecular complexity index is 1000. The van der Waals surface area contributed by atoms with Gasteiger partial charge in [-0.05, 0) is 30.0 Å². The molecule has 0 unspecified atom stereocenters. The van der Waals surface area contributed by atoms with Crippen LogP contribution in [-0.4, -0.2) is 80.5 Å². The maximum atomic E-state index is 13.1. The van der Waals surface area contributed by atoms with Crippen LogP contribution in [0.1, 0.15) is 36.8 Å². The Balaban J connectivity index is 1.34. The minimum Gasteiger partial charge on any atom is -0.379 e. The first kappa shape index (κ1) is 29.0. The first-order chi connectivity index (χ1) is 18.0. The fourth-order valence-electron chi connectivity index (χ4n) is 3.87. The molecule has 1 fully saturated rings. The van der Waals surface area contributed by atoms with Crippen molar-refractivity contribution < 1.29 is 22.8 Å². The molecule has 2 amide bonds. The summed E-state index contributed by atoms with van der Waals surface area (Å²) in [5.41, 5.74) is 1.86. The Labute approximate surface area is 220 Å². The number of ether oxygens (including phenoxy) is 1. The highest BCUT2D eigenvalue weighted by molar-refractivity contribution is 7.88. The molecule has 1 saturated heterocycles. The quantitative estimate of drug-likeness (QED) is 0.252. The lowest BCUT2D eigenvalue weighted by atomic mass is 10.2. The molecule has 1 aromatic carbocycles. The van der Waals surface area contributed by atoms with E-state index in [1.54, 1.807) is 12.4 Å². The van der Waals surface area contributed by atoms with Crippen molar-refractivity contribution in [3.63, 3.8) is 0 Å². The largest absolute Gasteiger partial charge is 0.379 e. The van der Waals surface area contributed by atoms with Gasteiger partial charge in [0.2, 0.25) is 10.0 Å². The zero-order chi connectivity index (χ0) is 26.2. The fraction of sp³-hybridized carbons (Fsp3) is 0.538. The summed E-state index contributed by atoms with van der Waals surface area (Å²) in [7, 11) is -3.56. The third-order valence-electron chi connectivity index (χ3n) is 6.02. The van der Waals surface area contributed by atoms with Crippen LogP contribution in [-0.2, 0) is 32.7 Å². The van der Waals surface area contributed by atoms with Gasteiger partial charge in [0, 0.05) is 45.1 Å². The maximum absolute atomic E-state index is 13.1. The van der Waals surface area contributed by atoms with Crippen LogP contribution in [0.3, 0.4) is 0 Å². The second kappa shape index (κ2) is 16.3. The monoisotopic (exact) mass is 533 g/mol. The van der Waals surface area contributed by atoms with E-state index >= 15 is 0 Å². The first-order valence-corrected chi connectivity index (χ1v) is 14.5. The molecule has 37 heavy (non-hydrogen) atoms. The van der Waals surface area contributed by atoms with E-state index < -0.39 is 10.0 Å². The van der Waals surface area contributed by atoms with E-state index in [0.29, 0.717) is 39.3 Å². The highest BCUT2D eigenvalue weighted by Crippen LogP contribution is 2.12. The molecule has 0 saturated carbocycles. The van der Waals surface area contributed by atoms with Crippen LogP contribution in [0.4, 0.5) is 4.79 Å². The van der Waals surface area contributed by atoms with E-state index in [2.05, 4.69) is 20.5 Å². The molecule has 11 heteroatoms. The van der Waals surface area contributed by atoms with Gasteiger partial charge >= 0.3 is 6.03 Å². The number of carbonyl (C=O) groups excluding carboxylic acids is 1. The van der Waals surface area contributed by atoms with Crippen LogP contribution < -0.4 is 10.6 Å². The van der Waals surface area contributed by atoms with Gasteiger partial charge in [0.1, 0.15) is 0 Å². The lowest BCUT2D eigenvalue weighted by molar-refractivity contribution is -0.101. The average molecular weight is 534 g/mol. The number of hydroxylamine groups is 1. The summed E-state index contributed by atoms with van der Waals surface area (Å²) < 4.78 is 32.7. The Kier molecular flexibility index (Phi) is 12.8. The molecule has 10 nitrogen and oxygen atoms in total. The molecule has 0 aliphatic carbocycles. The van der Waals surface area contributed by atoms with Crippen molar-refractivity contribution in [1.82, 2.24) is 25.0 Å². The van der Waals surface area contributed by atoms with Crippen molar-refractivity contribution in [2.75, 3.05) is 51.7 Å². The maximum Gasteiger partial charge on any atom is 0.315 e. The summed E-state index contributed by atoms with van der Waals surface area (Å²) in [6.45, 7) is 4.97. The number of aromatic nitrogens is 1. The van der Waals surface area contributed by atoms with Gasteiger partial charge in [-0.2, -0.15) is 0 Å². The van der Waals surface area contributed by atoms with E-state index in [9.17, 15) is 13.2 Å². The number of unbranched alkanes of at least 4 members (excludes halogenated alkanes) is 3. The van der Waals surface area contributed by atoms with Crippen LogP contribution >= 0.6 is 0 Å². The number of hydrogen-bond donors (Lipinski definition) is 2. The lowest BCUT2D eigenvalue weighted by Crippen LogP contribution is -2.43. The van der Waals surface area contributed by atoms with Crippen molar-refractivity contribution in [3.05, 3.63) is 66.0 Å². The molecule has 0 spiro atoms. The number of amides is 2. The molecule has 2 heterocycles. The molecule has 2 N–H and O–H groups in total. The zero-order valence-corrected chi connectivity index (χ0v) is 22.2. The molecule has 0 radical (unpaired) electrons. The summed E-state index contributed by atoms with van der Waals surface area (Å²) in [6, 6.07) is 13.1. The normalized spacial score (nSPS) is 14.5. The zero-order valence-electron chi connectivity index (χ0n) is 21.4. The number of rotatable bonds is 16. The Morgan fingerprint density at radius 3 is 2.51 bits per heavy atom. The van der Waals surface area contributed by atoms with Crippen molar-refractivity contribution in [3.8, 4) is 0 Å². The van der Waals surface area contributed by atoms with Crippen LogP contribution in [0, 0.1) is 0 Å². The Morgan fingerprint density at radius 1 is 1.00 bits per heavy atom. The number of benzene rings is 1. The topological polar surface area (TPSA) is 113 Å². The predicted octanol–water partition coefficient (Wildman–Crippen LogP) is 2.54. The number of nitrogens with one attached hydrogen (secondary N) is 2.